The Bertz CT molecular complexity index is 1060. The molecule has 0 bridgehead atoms. The number of carbonyl (C=O) groups excluding carboxylic acids is 1. The van der Waals surface area contributed by atoms with Gasteiger partial charge in [-0.1, -0.05) is 63.1 Å². The maximum Gasteiger partial charge on any atom is 0.271 e. The molecule has 3 rings (SSSR count). The fourth-order valence-corrected chi connectivity index (χ4v) is 4.16. The van der Waals surface area contributed by atoms with Crippen LogP contribution in [0.4, 0.5) is 0 Å². The van der Waals surface area contributed by atoms with Gasteiger partial charge in [0, 0.05) is 26.5 Å². The van der Waals surface area contributed by atoms with E-state index in [-0.39, 0.29) is 22.9 Å². The lowest BCUT2D eigenvalue weighted by Gasteiger charge is -2.08. The van der Waals surface area contributed by atoms with Gasteiger partial charge in [-0.2, -0.15) is 0 Å². The monoisotopic (exact) mass is 540 g/mol. The second-order valence-electron chi connectivity index (χ2n) is 5.76. The zero-order valence-electron chi connectivity index (χ0n) is 15.0. The van der Waals surface area contributed by atoms with Crippen molar-refractivity contribution in [3.05, 3.63) is 85.9 Å². The number of rotatable bonds is 5. The molecule has 2 aromatic carbocycles. The van der Waals surface area contributed by atoms with E-state index >= 15 is 0 Å². The van der Waals surface area contributed by atoms with Gasteiger partial charge in [0.1, 0.15) is 0 Å². The van der Waals surface area contributed by atoms with Crippen LogP contribution in [0.15, 0.2) is 70.8 Å². The van der Waals surface area contributed by atoms with Crippen molar-refractivity contribution in [3.63, 3.8) is 0 Å². The summed E-state index contributed by atoms with van der Waals surface area (Å²) in [5, 5.41) is 5.04. The number of aromatic nitrogens is 1. The van der Waals surface area contributed by atoms with Crippen LogP contribution in [-0.2, 0) is 6.54 Å². The molecule has 0 unspecified atom stereocenters. The zero-order chi connectivity index (χ0) is 19.4. The molecule has 3 aromatic rings. The van der Waals surface area contributed by atoms with Crippen LogP contribution in [-0.4, -0.2) is 10.5 Å². The Hall–Kier alpha value is -1.67. The van der Waals surface area contributed by atoms with E-state index in [9.17, 15) is 4.79 Å². The van der Waals surface area contributed by atoms with Crippen molar-refractivity contribution in [2.45, 2.75) is 13.5 Å². The number of halogens is 3. The molecule has 0 aliphatic carbocycles. The number of nitrogens with one attached hydrogen (secondary N) is 1. The number of hydrogen-bond acceptors (Lipinski definition) is 3. The zero-order valence-corrected chi connectivity index (χ0v) is 19.7. The molecule has 1 N–H and O–H groups in total. The summed E-state index contributed by atoms with van der Waals surface area (Å²) in [6.45, 7) is 6.44. The van der Waals surface area contributed by atoms with Gasteiger partial charge in [-0.25, -0.2) is 5.43 Å². The molecule has 0 aliphatic rings. The molecule has 28 heavy (non-hydrogen) atoms. The summed E-state index contributed by atoms with van der Waals surface area (Å²) in [6, 6.07) is 14.8. The molecular weight excluding hydrogens is 526 g/mol. The number of aryl methyl sites for hydroxylation is 1. The van der Waals surface area contributed by atoms with Gasteiger partial charge in [0.2, 0.25) is 4.80 Å². The third-order valence-corrected chi connectivity index (χ3v) is 5.59. The van der Waals surface area contributed by atoms with Gasteiger partial charge in [0.25, 0.3) is 5.91 Å². The Balaban J connectivity index is 0.00000280. The van der Waals surface area contributed by atoms with Gasteiger partial charge in [-0.15, -0.1) is 11.7 Å². The standard InChI is InChI=1S/C20H17BrClN3OS.BrH/c1-3-11-25-18(14-7-9-17(22)10-8-14)13(2)27-20(25)24-23-19(26)15-5-4-6-16(21)12-15;/h3-10,12H,1,11H2,2H3,(H,23,26);1H/p-1/b24-20-;. The topological polar surface area (TPSA) is 46.4 Å². The van der Waals surface area contributed by atoms with Crippen molar-refractivity contribution >= 4 is 44.8 Å². The number of allylic oxidation sites excluding steroid dienone is 1. The van der Waals surface area contributed by atoms with Gasteiger partial charge in [-0.3, -0.25) is 4.79 Å². The Morgan fingerprint density at radius 1 is 1.32 bits per heavy atom. The predicted octanol–water partition coefficient (Wildman–Crippen LogP) is 2.38. The first-order valence-corrected chi connectivity index (χ1v) is 10.1. The highest BCUT2D eigenvalue weighted by atomic mass is 79.9. The highest BCUT2D eigenvalue weighted by Gasteiger charge is 2.13. The smallest absolute Gasteiger partial charge is 0.271 e. The fourth-order valence-electron chi connectivity index (χ4n) is 2.67. The number of thiazole rings is 1. The van der Waals surface area contributed by atoms with Gasteiger partial charge < -0.3 is 21.5 Å². The van der Waals surface area contributed by atoms with Crippen LogP contribution in [0.2, 0.25) is 5.02 Å². The van der Waals surface area contributed by atoms with E-state index in [0.717, 1.165) is 20.6 Å². The molecule has 1 heterocycles. The molecular formula is C20H17Br2ClN3OS-. The summed E-state index contributed by atoms with van der Waals surface area (Å²) in [5.74, 6) is -0.263. The Kier molecular flexibility index (Phi) is 8.24. The Morgan fingerprint density at radius 2 is 2.04 bits per heavy atom. The summed E-state index contributed by atoms with van der Waals surface area (Å²) in [4.78, 5) is 14.2. The first-order valence-electron chi connectivity index (χ1n) is 8.16. The first kappa shape index (κ1) is 22.6. The maximum absolute atomic E-state index is 12.4. The molecule has 0 saturated heterocycles. The van der Waals surface area contributed by atoms with Crippen LogP contribution in [0.1, 0.15) is 15.2 Å². The number of benzene rings is 2. The van der Waals surface area contributed by atoms with Crippen LogP contribution in [0.5, 0.6) is 0 Å². The molecule has 1 amide bonds. The first-order chi connectivity index (χ1) is 13.0. The average molecular weight is 543 g/mol. The lowest BCUT2D eigenvalue weighted by Crippen LogP contribution is -3.00. The second-order valence-corrected chi connectivity index (χ2v) is 8.29. The average Bonchev–Trinajstić information content (AvgIpc) is 2.96. The van der Waals surface area contributed by atoms with E-state index in [1.165, 1.54) is 11.3 Å². The minimum Gasteiger partial charge on any atom is -1.00 e. The third-order valence-electron chi connectivity index (χ3n) is 3.85. The van der Waals surface area contributed by atoms with Crippen LogP contribution in [0.3, 0.4) is 0 Å². The van der Waals surface area contributed by atoms with Gasteiger partial charge in [-0.05, 0) is 42.8 Å². The largest absolute Gasteiger partial charge is 1.00 e. The summed E-state index contributed by atoms with van der Waals surface area (Å²) in [6.07, 6.45) is 1.81. The molecule has 146 valence electrons. The molecule has 1 aromatic heterocycles. The lowest BCUT2D eigenvalue weighted by atomic mass is 10.1. The Labute approximate surface area is 191 Å². The molecule has 0 fully saturated rings. The fraction of sp³-hybridized carbons (Fsp3) is 0.100. The van der Waals surface area contributed by atoms with Crippen molar-refractivity contribution in [2.75, 3.05) is 0 Å². The number of nitrogens with zero attached hydrogens (tertiary/aromatic N) is 2. The van der Waals surface area contributed by atoms with E-state index in [1.807, 2.05) is 47.9 Å². The minimum absolute atomic E-state index is 0. The Morgan fingerprint density at radius 3 is 2.68 bits per heavy atom. The summed E-state index contributed by atoms with van der Waals surface area (Å²) >= 11 is 10.9. The number of hydrogen-bond donors (Lipinski definition) is 1. The van der Waals surface area contributed by atoms with Gasteiger partial charge in [0.05, 0.1) is 5.69 Å². The molecule has 0 atom stereocenters. The second kappa shape index (κ2) is 10.2. The van der Waals surface area contributed by atoms with Gasteiger partial charge in [0.15, 0.2) is 0 Å². The number of amides is 1. The van der Waals surface area contributed by atoms with Crippen LogP contribution in [0.25, 0.3) is 11.3 Å². The van der Waals surface area contributed by atoms with E-state index in [1.54, 1.807) is 18.2 Å². The molecule has 4 nitrogen and oxygen atoms in total. The van der Waals surface area contributed by atoms with E-state index in [4.69, 9.17) is 11.6 Å². The molecule has 0 radical (unpaired) electrons. The maximum atomic E-state index is 12.4. The summed E-state index contributed by atoms with van der Waals surface area (Å²) in [5.41, 5.74) is 5.25. The minimum atomic E-state index is -0.263. The van der Waals surface area contributed by atoms with Crippen LogP contribution < -0.4 is 27.2 Å². The predicted molar refractivity (Wildman–Crippen MR) is 115 cm³/mol. The quantitative estimate of drug-likeness (QED) is 0.391. The van der Waals surface area contributed by atoms with E-state index in [0.29, 0.717) is 21.9 Å². The molecule has 8 heteroatoms. The van der Waals surface area contributed by atoms with Crippen LogP contribution >= 0.6 is 38.9 Å². The molecule has 0 spiro atoms. The third kappa shape index (κ3) is 5.23. The van der Waals surface area contributed by atoms with Crippen LogP contribution in [0, 0.1) is 6.92 Å². The summed E-state index contributed by atoms with van der Waals surface area (Å²) < 4.78 is 2.87. The molecule has 0 saturated carbocycles. The lowest BCUT2D eigenvalue weighted by molar-refractivity contribution is -0.0000134. The SMILES string of the molecule is C=CCn1c(-c2ccc(Cl)cc2)c(C)s/c1=N\NC(=O)c1cccc(Br)c1.[Br-]. The van der Waals surface area contributed by atoms with E-state index < -0.39 is 0 Å². The highest BCUT2D eigenvalue weighted by Crippen LogP contribution is 2.26. The van der Waals surface area contributed by atoms with Crippen molar-refractivity contribution in [1.29, 1.82) is 0 Å². The van der Waals surface area contributed by atoms with Crippen molar-refractivity contribution in [3.8, 4) is 11.3 Å². The molecule has 0 aliphatic heterocycles. The summed E-state index contributed by atoms with van der Waals surface area (Å²) in [7, 11) is 0. The normalized spacial score (nSPS) is 11.0. The highest BCUT2D eigenvalue weighted by molar-refractivity contribution is 9.10. The van der Waals surface area contributed by atoms with Crippen molar-refractivity contribution in [1.82, 2.24) is 9.99 Å². The van der Waals surface area contributed by atoms with Crippen molar-refractivity contribution < 1.29 is 21.8 Å². The number of carbonyl (C=O) groups is 1. The van der Waals surface area contributed by atoms with E-state index in [2.05, 4.69) is 33.0 Å². The van der Waals surface area contributed by atoms with Crippen molar-refractivity contribution in [2.24, 2.45) is 5.10 Å². The van der Waals surface area contributed by atoms with Gasteiger partial charge >= 0.3 is 0 Å².